The molecule has 3 aromatic rings. The maximum Gasteiger partial charge on any atom is 0.151 e. The molecule has 0 aliphatic carbocycles. The molecule has 3 aliphatic heterocycles. The number of nitrogens with zero attached hydrogens (tertiary/aromatic N) is 5. The molecule has 5 heterocycles. The van der Waals surface area contributed by atoms with Crippen molar-refractivity contribution in [3.05, 3.63) is 59.8 Å². The van der Waals surface area contributed by atoms with Gasteiger partial charge in [-0.05, 0) is 81.6 Å². The Kier molecular flexibility index (Phi) is 6.62. The maximum atomic E-state index is 13.2. The van der Waals surface area contributed by atoms with Crippen molar-refractivity contribution in [2.75, 3.05) is 38.5 Å². The Morgan fingerprint density at radius 2 is 1.81 bits per heavy atom. The molecule has 2 aromatic heterocycles. The molecular weight excluding hydrogens is 475 g/mol. The number of aliphatic hydroxyl groups excluding tert-OH is 2. The third kappa shape index (κ3) is 4.61. The lowest BCUT2D eigenvalue weighted by Crippen LogP contribution is -2.55. The molecule has 0 amide bonds. The van der Waals surface area contributed by atoms with E-state index >= 15 is 0 Å². The number of rotatable bonds is 6. The van der Waals surface area contributed by atoms with Crippen molar-refractivity contribution in [1.82, 2.24) is 24.4 Å². The van der Waals surface area contributed by atoms with Crippen LogP contribution in [0.3, 0.4) is 0 Å². The third-order valence-corrected chi connectivity index (χ3v) is 8.72. The molecule has 198 valence electrons. The van der Waals surface area contributed by atoms with Crippen LogP contribution < -0.4 is 5.73 Å². The highest BCUT2D eigenvalue weighted by Crippen LogP contribution is 2.41. The number of aromatic nitrogens is 3. The number of ether oxygens (including phenoxy) is 1. The smallest absolute Gasteiger partial charge is 0.151 e. The topological polar surface area (TPSA) is 112 Å². The van der Waals surface area contributed by atoms with Crippen molar-refractivity contribution in [1.29, 1.82) is 0 Å². The molecule has 0 radical (unpaired) electrons. The van der Waals surface area contributed by atoms with Crippen molar-refractivity contribution in [3.8, 4) is 0 Å². The first-order chi connectivity index (χ1) is 17.9. The standard InChI is InChI=1S/C27H35FN6O3/c28-19-4-2-18(3-5-19)8-13-32-14-10-27(11-15-32)9-1-12-33(27)16-22-23(35)24(36)25(37-22)20-6-7-21-26(29)30-17-31-34(20)21/h2-7,17,22-25,35-36H,1,8-16H2,(H2,29,30,31)/t22-,23-,24-,25+/m1/s1. The fourth-order valence-corrected chi connectivity index (χ4v) is 6.53. The molecule has 0 unspecified atom stereocenters. The maximum absolute atomic E-state index is 13.2. The summed E-state index contributed by atoms with van der Waals surface area (Å²) in [5.74, 6) is 0.162. The lowest BCUT2D eigenvalue weighted by Gasteiger charge is -2.46. The molecule has 4 N–H and O–H groups in total. The molecule has 0 bridgehead atoms. The highest BCUT2D eigenvalue weighted by molar-refractivity contribution is 5.65. The van der Waals surface area contributed by atoms with Gasteiger partial charge in [0.1, 0.15) is 36.0 Å². The first-order valence-electron chi connectivity index (χ1n) is 13.3. The van der Waals surface area contributed by atoms with Crippen molar-refractivity contribution in [3.63, 3.8) is 0 Å². The van der Waals surface area contributed by atoms with Gasteiger partial charge in [-0.15, -0.1) is 0 Å². The van der Waals surface area contributed by atoms with Gasteiger partial charge in [0.25, 0.3) is 0 Å². The van der Waals surface area contributed by atoms with Crippen LogP contribution in [0.4, 0.5) is 10.2 Å². The summed E-state index contributed by atoms with van der Waals surface area (Å²) in [6, 6.07) is 10.4. The zero-order chi connectivity index (χ0) is 25.6. The van der Waals surface area contributed by atoms with Crippen LogP contribution in [0.15, 0.2) is 42.7 Å². The van der Waals surface area contributed by atoms with E-state index in [0.717, 1.165) is 63.8 Å². The van der Waals surface area contributed by atoms with Gasteiger partial charge in [0, 0.05) is 18.6 Å². The third-order valence-electron chi connectivity index (χ3n) is 8.72. The Labute approximate surface area is 215 Å². The van der Waals surface area contributed by atoms with Gasteiger partial charge < -0.3 is 25.6 Å². The lowest BCUT2D eigenvalue weighted by atomic mass is 9.84. The fourth-order valence-electron chi connectivity index (χ4n) is 6.53. The molecule has 1 aromatic carbocycles. The number of likely N-dealkylation sites (tertiary alicyclic amines) is 2. The average Bonchev–Trinajstić information content (AvgIpc) is 3.58. The van der Waals surface area contributed by atoms with Gasteiger partial charge in [0.15, 0.2) is 5.82 Å². The highest BCUT2D eigenvalue weighted by atomic mass is 19.1. The van der Waals surface area contributed by atoms with E-state index in [1.807, 2.05) is 18.2 Å². The Bertz CT molecular complexity index is 1230. The molecule has 6 rings (SSSR count). The number of hydrogen-bond acceptors (Lipinski definition) is 8. The van der Waals surface area contributed by atoms with Crippen LogP contribution in [0.2, 0.25) is 0 Å². The highest BCUT2D eigenvalue weighted by Gasteiger charge is 2.49. The van der Waals surface area contributed by atoms with E-state index in [4.69, 9.17) is 10.5 Å². The van der Waals surface area contributed by atoms with Gasteiger partial charge in [0.2, 0.25) is 0 Å². The number of nitrogen functional groups attached to an aromatic ring is 1. The summed E-state index contributed by atoms with van der Waals surface area (Å²) in [6.07, 6.45) is 3.51. The van der Waals surface area contributed by atoms with E-state index < -0.39 is 24.4 Å². The van der Waals surface area contributed by atoms with Crippen molar-refractivity contribution < 1.29 is 19.3 Å². The van der Waals surface area contributed by atoms with Crippen molar-refractivity contribution in [2.24, 2.45) is 0 Å². The van der Waals surface area contributed by atoms with E-state index in [1.54, 1.807) is 10.6 Å². The molecule has 3 saturated heterocycles. The minimum Gasteiger partial charge on any atom is -0.388 e. The predicted molar refractivity (Wildman–Crippen MR) is 136 cm³/mol. The molecule has 3 fully saturated rings. The summed E-state index contributed by atoms with van der Waals surface area (Å²) in [5, 5.41) is 26.1. The Hall–Kier alpha value is -2.63. The van der Waals surface area contributed by atoms with Crippen molar-refractivity contribution >= 4 is 11.3 Å². The largest absolute Gasteiger partial charge is 0.388 e. The van der Waals surface area contributed by atoms with Gasteiger partial charge in [0.05, 0.1) is 11.8 Å². The average molecular weight is 511 g/mol. The van der Waals surface area contributed by atoms with E-state index in [1.165, 1.54) is 18.5 Å². The minimum atomic E-state index is -1.05. The molecule has 37 heavy (non-hydrogen) atoms. The summed E-state index contributed by atoms with van der Waals surface area (Å²) >= 11 is 0. The number of benzene rings is 1. The van der Waals surface area contributed by atoms with E-state index in [0.29, 0.717) is 23.6 Å². The summed E-state index contributed by atoms with van der Waals surface area (Å²) in [6.45, 7) is 4.58. The Morgan fingerprint density at radius 3 is 2.59 bits per heavy atom. The summed E-state index contributed by atoms with van der Waals surface area (Å²) in [7, 11) is 0. The lowest BCUT2D eigenvalue weighted by molar-refractivity contribution is -0.0384. The van der Waals surface area contributed by atoms with Gasteiger partial charge >= 0.3 is 0 Å². The molecule has 10 heteroatoms. The monoisotopic (exact) mass is 510 g/mol. The van der Waals surface area contributed by atoms with Crippen LogP contribution in [0.1, 0.15) is 43.0 Å². The van der Waals surface area contributed by atoms with Crippen LogP contribution in [0.25, 0.3) is 5.52 Å². The normalized spacial score (nSPS) is 28.5. The van der Waals surface area contributed by atoms with Crippen LogP contribution in [-0.2, 0) is 11.2 Å². The van der Waals surface area contributed by atoms with Crippen LogP contribution in [-0.4, -0.2) is 91.2 Å². The minimum absolute atomic E-state index is 0.113. The number of aliphatic hydroxyl groups is 2. The van der Waals surface area contributed by atoms with E-state index in [-0.39, 0.29) is 11.4 Å². The second-order valence-corrected chi connectivity index (χ2v) is 10.8. The summed E-state index contributed by atoms with van der Waals surface area (Å²) in [4.78, 5) is 9.00. The van der Waals surface area contributed by atoms with Crippen LogP contribution >= 0.6 is 0 Å². The van der Waals surface area contributed by atoms with Gasteiger partial charge in [-0.1, -0.05) is 12.1 Å². The molecule has 0 saturated carbocycles. The molecular formula is C27H35FN6O3. The summed E-state index contributed by atoms with van der Waals surface area (Å²) in [5.41, 5.74) is 8.54. The Morgan fingerprint density at radius 1 is 1.03 bits per heavy atom. The molecule has 4 atom stereocenters. The second-order valence-electron chi connectivity index (χ2n) is 10.8. The second kappa shape index (κ2) is 9.92. The van der Waals surface area contributed by atoms with Gasteiger partial charge in [-0.3, -0.25) is 4.90 Å². The van der Waals surface area contributed by atoms with Crippen LogP contribution in [0.5, 0.6) is 0 Å². The first-order valence-corrected chi connectivity index (χ1v) is 13.3. The fraction of sp³-hybridized carbons (Fsp3) is 0.556. The molecule has 9 nitrogen and oxygen atoms in total. The van der Waals surface area contributed by atoms with Crippen LogP contribution in [0, 0.1) is 5.82 Å². The number of nitrogens with two attached hydrogens (primary N) is 1. The number of piperidine rings is 1. The number of anilines is 1. The zero-order valence-corrected chi connectivity index (χ0v) is 20.9. The number of halogens is 1. The van der Waals surface area contributed by atoms with E-state index in [9.17, 15) is 14.6 Å². The quantitative estimate of drug-likeness (QED) is 0.460. The van der Waals surface area contributed by atoms with Crippen molar-refractivity contribution in [2.45, 2.75) is 62.1 Å². The SMILES string of the molecule is Nc1ncnn2c([C@@H]3O[C@H](CN4CCCC45CCN(CCc4ccc(F)cc4)CC5)[C@@H](O)[C@H]3O)ccc12. The number of hydrogen-bond donors (Lipinski definition) is 3. The zero-order valence-electron chi connectivity index (χ0n) is 20.9. The first kappa shape index (κ1) is 24.7. The summed E-state index contributed by atoms with van der Waals surface area (Å²) < 4.78 is 21.1. The number of fused-ring (bicyclic) bond motifs is 1. The van der Waals surface area contributed by atoms with Gasteiger partial charge in [-0.25, -0.2) is 13.9 Å². The molecule has 3 aliphatic rings. The molecule has 1 spiro atoms. The van der Waals surface area contributed by atoms with E-state index in [2.05, 4.69) is 19.9 Å². The predicted octanol–water partition coefficient (Wildman–Crippen LogP) is 1.79. The Balaban J connectivity index is 1.08. The van der Waals surface area contributed by atoms with Gasteiger partial charge in [-0.2, -0.15) is 5.10 Å².